The Morgan fingerprint density at radius 3 is 2.44 bits per heavy atom. The molecule has 1 aliphatic rings. The number of nitrogens with zero attached hydrogens (tertiary/aromatic N) is 1. The van der Waals surface area contributed by atoms with Crippen molar-refractivity contribution in [2.75, 3.05) is 22.7 Å². The topological polar surface area (TPSA) is 105 Å². The maximum Gasteiger partial charge on any atom is 0.267 e. The standard InChI is InChI=1S/C27H29N3O5S/c1-2-3-17-28-26(31)21-13-7-8-14-22(21)29-27(32)25-18-30(23-15-9-10-16-24(23)35-25)36(33,34)19-20-11-5-4-6-12-20/h4-16,25H,2-3,17-19H2,1H3,(H,28,31)(H,29,32). The van der Waals surface area contributed by atoms with Crippen molar-refractivity contribution in [2.24, 2.45) is 0 Å². The average Bonchev–Trinajstić information content (AvgIpc) is 2.88. The number of amides is 2. The molecule has 0 radical (unpaired) electrons. The van der Waals surface area contributed by atoms with Crippen LogP contribution in [0.15, 0.2) is 78.9 Å². The number of hydrogen-bond acceptors (Lipinski definition) is 5. The molecular weight excluding hydrogens is 478 g/mol. The lowest BCUT2D eigenvalue weighted by Crippen LogP contribution is -2.49. The van der Waals surface area contributed by atoms with E-state index in [-0.39, 0.29) is 18.2 Å². The Balaban J connectivity index is 1.56. The van der Waals surface area contributed by atoms with Crippen molar-refractivity contribution in [3.05, 3.63) is 90.0 Å². The first-order chi connectivity index (χ1) is 17.4. The van der Waals surface area contributed by atoms with E-state index in [0.717, 1.165) is 12.8 Å². The summed E-state index contributed by atoms with van der Waals surface area (Å²) < 4.78 is 33.9. The van der Waals surface area contributed by atoms with Crippen LogP contribution in [-0.4, -0.2) is 39.4 Å². The first kappa shape index (κ1) is 25.2. The predicted octanol–water partition coefficient (Wildman–Crippen LogP) is 3.95. The van der Waals surface area contributed by atoms with Gasteiger partial charge in [0.05, 0.1) is 29.2 Å². The Bertz CT molecular complexity index is 1330. The molecule has 0 aromatic heterocycles. The van der Waals surface area contributed by atoms with Crippen LogP contribution in [0.3, 0.4) is 0 Å². The number of nitrogens with one attached hydrogen (secondary N) is 2. The molecule has 1 unspecified atom stereocenters. The van der Waals surface area contributed by atoms with Gasteiger partial charge in [-0.25, -0.2) is 8.42 Å². The normalized spacial score (nSPS) is 14.9. The fourth-order valence-electron chi connectivity index (χ4n) is 3.94. The van der Waals surface area contributed by atoms with E-state index < -0.39 is 22.0 Å². The number of unbranched alkanes of at least 4 members (excludes halogenated alkanes) is 1. The second-order valence-electron chi connectivity index (χ2n) is 8.49. The molecule has 8 nitrogen and oxygen atoms in total. The fourth-order valence-corrected chi connectivity index (χ4v) is 5.52. The zero-order valence-corrected chi connectivity index (χ0v) is 20.8. The molecule has 0 saturated heterocycles. The molecule has 0 saturated carbocycles. The van der Waals surface area contributed by atoms with Gasteiger partial charge in [0.1, 0.15) is 5.75 Å². The maximum absolute atomic E-state index is 13.4. The number of carbonyl (C=O) groups is 2. The molecule has 9 heteroatoms. The lowest BCUT2D eigenvalue weighted by atomic mass is 10.1. The Kier molecular flexibility index (Phi) is 7.90. The van der Waals surface area contributed by atoms with Gasteiger partial charge in [-0.1, -0.05) is 67.9 Å². The first-order valence-electron chi connectivity index (χ1n) is 11.9. The van der Waals surface area contributed by atoms with Gasteiger partial charge in [-0.2, -0.15) is 0 Å². The van der Waals surface area contributed by atoms with Crippen LogP contribution >= 0.6 is 0 Å². The summed E-state index contributed by atoms with van der Waals surface area (Å²) in [5.41, 5.74) is 1.68. The number of anilines is 2. The van der Waals surface area contributed by atoms with Gasteiger partial charge in [0.2, 0.25) is 10.0 Å². The summed E-state index contributed by atoms with van der Waals surface area (Å²) in [6.07, 6.45) is 0.688. The van der Waals surface area contributed by atoms with Crippen molar-refractivity contribution >= 4 is 33.2 Å². The molecule has 188 valence electrons. The first-order valence-corrected chi connectivity index (χ1v) is 13.5. The minimum absolute atomic E-state index is 0.192. The van der Waals surface area contributed by atoms with E-state index in [0.29, 0.717) is 34.8 Å². The van der Waals surface area contributed by atoms with Gasteiger partial charge in [-0.15, -0.1) is 0 Å². The van der Waals surface area contributed by atoms with Gasteiger partial charge in [-0.3, -0.25) is 13.9 Å². The summed E-state index contributed by atoms with van der Waals surface area (Å²) >= 11 is 0. The van der Waals surface area contributed by atoms with Crippen molar-refractivity contribution in [3.63, 3.8) is 0 Å². The monoisotopic (exact) mass is 507 g/mol. The predicted molar refractivity (Wildman–Crippen MR) is 140 cm³/mol. The fraction of sp³-hybridized carbons (Fsp3) is 0.259. The summed E-state index contributed by atoms with van der Waals surface area (Å²) in [5, 5.41) is 5.60. The molecule has 0 fully saturated rings. The van der Waals surface area contributed by atoms with Crippen LogP contribution < -0.4 is 19.7 Å². The van der Waals surface area contributed by atoms with Crippen molar-refractivity contribution in [3.8, 4) is 5.75 Å². The Hall–Kier alpha value is -3.85. The van der Waals surface area contributed by atoms with Gasteiger partial charge in [-0.05, 0) is 36.2 Å². The number of hydrogen-bond donors (Lipinski definition) is 2. The molecule has 1 aliphatic heterocycles. The van der Waals surface area contributed by atoms with Gasteiger partial charge in [0.25, 0.3) is 11.8 Å². The average molecular weight is 508 g/mol. The number of ether oxygens (including phenoxy) is 1. The van der Waals surface area contributed by atoms with Gasteiger partial charge in [0, 0.05) is 6.54 Å². The van der Waals surface area contributed by atoms with Crippen molar-refractivity contribution in [2.45, 2.75) is 31.6 Å². The summed E-state index contributed by atoms with van der Waals surface area (Å²) in [5.74, 6) is -0.747. The maximum atomic E-state index is 13.4. The Morgan fingerprint density at radius 1 is 0.972 bits per heavy atom. The van der Waals surface area contributed by atoms with Crippen LogP contribution in [0, 0.1) is 0 Å². The molecule has 1 heterocycles. The largest absolute Gasteiger partial charge is 0.476 e. The molecule has 2 amide bonds. The van der Waals surface area contributed by atoms with Crippen LogP contribution in [0.25, 0.3) is 0 Å². The van der Waals surface area contributed by atoms with E-state index >= 15 is 0 Å². The Labute approximate surface area is 211 Å². The van der Waals surface area contributed by atoms with Crippen LogP contribution in [0.2, 0.25) is 0 Å². The Morgan fingerprint density at radius 2 is 1.67 bits per heavy atom. The molecule has 4 rings (SSSR count). The highest BCUT2D eigenvalue weighted by Gasteiger charge is 2.37. The highest BCUT2D eigenvalue weighted by Crippen LogP contribution is 2.36. The third-order valence-electron chi connectivity index (χ3n) is 5.80. The zero-order valence-electron chi connectivity index (χ0n) is 20.0. The summed E-state index contributed by atoms with van der Waals surface area (Å²) in [6.45, 7) is 2.38. The second kappa shape index (κ2) is 11.3. The van der Waals surface area contributed by atoms with E-state index in [4.69, 9.17) is 4.74 Å². The molecule has 1 atom stereocenters. The van der Waals surface area contributed by atoms with Crippen LogP contribution in [0.1, 0.15) is 35.7 Å². The van der Waals surface area contributed by atoms with Gasteiger partial charge in [0.15, 0.2) is 6.10 Å². The van der Waals surface area contributed by atoms with E-state index in [1.54, 1.807) is 72.8 Å². The molecule has 36 heavy (non-hydrogen) atoms. The van der Waals surface area contributed by atoms with Gasteiger partial charge < -0.3 is 15.4 Å². The van der Waals surface area contributed by atoms with Crippen molar-refractivity contribution < 1.29 is 22.7 Å². The summed E-state index contributed by atoms with van der Waals surface area (Å²) in [4.78, 5) is 25.9. The number of fused-ring (bicyclic) bond motifs is 1. The number of rotatable bonds is 9. The number of carbonyl (C=O) groups excluding carboxylic acids is 2. The van der Waals surface area contributed by atoms with Gasteiger partial charge >= 0.3 is 0 Å². The van der Waals surface area contributed by atoms with Crippen molar-refractivity contribution in [1.29, 1.82) is 0 Å². The molecule has 0 spiro atoms. The molecule has 3 aromatic rings. The molecule has 0 aliphatic carbocycles. The lowest BCUT2D eigenvalue weighted by Gasteiger charge is -2.34. The van der Waals surface area contributed by atoms with Crippen molar-refractivity contribution in [1.82, 2.24) is 5.32 Å². The van der Waals surface area contributed by atoms with Crippen LogP contribution in [0.5, 0.6) is 5.75 Å². The van der Waals surface area contributed by atoms with E-state index in [1.807, 2.05) is 13.0 Å². The highest BCUT2D eigenvalue weighted by molar-refractivity contribution is 7.92. The molecular formula is C27H29N3O5S. The van der Waals surface area contributed by atoms with Crippen LogP contribution in [-0.2, 0) is 20.6 Å². The van der Waals surface area contributed by atoms with E-state index in [2.05, 4.69) is 10.6 Å². The highest BCUT2D eigenvalue weighted by atomic mass is 32.2. The smallest absolute Gasteiger partial charge is 0.267 e. The van der Waals surface area contributed by atoms with E-state index in [1.165, 1.54) is 4.31 Å². The molecule has 3 aromatic carbocycles. The summed E-state index contributed by atoms with van der Waals surface area (Å²) in [6, 6.07) is 22.3. The number of para-hydroxylation sites is 3. The quantitative estimate of drug-likeness (QED) is 0.427. The third kappa shape index (κ3) is 5.85. The minimum Gasteiger partial charge on any atom is -0.476 e. The van der Waals surface area contributed by atoms with E-state index in [9.17, 15) is 18.0 Å². The third-order valence-corrected chi connectivity index (χ3v) is 7.52. The molecule has 2 N–H and O–H groups in total. The molecule has 0 bridgehead atoms. The SMILES string of the molecule is CCCCNC(=O)c1ccccc1NC(=O)C1CN(S(=O)(=O)Cc2ccccc2)c2ccccc2O1. The number of sulfonamides is 1. The minimum atomic E-state index is -3.81. The zero-order chi connectivity index (χ0) is 25.5. The summed E-state index contributed by atoms with van der Waals surface area (Å²) in [7, 11) is -3.81. The number of benzene rings is 3. The van der Waals surface area contributed by atoms with Crippen LogP contribution in [0.4, 0.5) is 11.4 Å². The lowest BCUT2D eigenvalue weighted by molar-refractivity contribution is -0.122. The second-order valence-corrected chi connectivity index (χ2v) is 10.4.